The number of rotatable bonds is 2. The highest BCUT2D eigenvalue weighted by Crippen LogP contribution is 2.18. The minimum absolute atomic E-state index is 0.0992. The molecule has 6 nitrogen and oxygen atoms in total. The molecule has 0 radical (unpaired) electrons. The van der Waals surface area contributed by atoms with Crippen LogP contribution < -0.4 is 5.32 Å². The van der Waals surface area contributed by atoms with E-state index in [1.165, 1.54) is 0 Å². The van der Waals surface area contributed by atoms with Crippen LogP contribution in [0.15, 0.2) is 24.4 Å². The van der Waals surface area contributed by atoms with Gasteiger partial charge in [-0.15, -0.1) is 0 Å². The third-order valence-corrected chi connectivity index (χ3v) is 4.34. The number of likely N-dealkylation sites (tertiary alicyclic amines) is 1. The van der Waals surface area contributed by atoms with E-state index >= 15 is 0 Å². The molecule has 0 saturated carbocycles. The second-order valence-corrected chi connectivity index (χ2v) is 7.65. The molecule has 0 aromatic carbocycles. The van der Waals surface area contributed by atoms with E-state index in [1.54, 1.807) is 10.6 Å². The molecule has 1 saturated heterocycles. The third kappa shape index (κ3) is 3.83. The largest absolute Gasteiger partial charge is 0.346 e. The maximum absolute atomic E-state index is 13.0. The minimum atomic E-state index is -0.364. The molecular weight excluding hydrogens is 316 g/mol. The molecule has 2 aromatic rings. The number of carbonyl (C=O) groups is 2. The van der Waals surface area contributed by atoms with Crippen molar-refractivity contribution in [2.24, 2.45) is 0 Å². The standard InChI is InChI=1S/C19H26N4O2/c1-19(2,3)21-17(24)15-14-10-6-9-13-23(14)16(20-15)18(25)22-11-7-4-5-8-12-22/h6,9-10,13H,4-5,7-8,11-12H2,1-3H3,(H,21,24). The highest BCUT2D eigenvalue weighted by molar-refractivity contribution is 6.02. The topological polar surface area (TPSA) is 66.7 Å². The first-order chi connectivity index (χ1) is 11.9. The van der Waals surface area contributed by atoms with Crippen LogP contribution in [0.3, 0.4) is 0 Å². The second kappa shape index (κ2) is 6.86. The Hall–Kier alpha value is -2.37. The summed E-state index contributed by atoms with van der Waals surface area (Å²) in [6, 6.07) is 5.52. The Morgan fingerprint density at radius 1 is 1.08 bits per heavy atom. The van der Waals surface area contributed by atoms with Crippen LogP contribution in [0, 0.1) is 0 Å². The predicted octanol–water partition coefficient (Wildman–Crippen LogP) is 2.88. The van der Waals surface area contributed by atoms with Crippen molar-refractivity contribution in [2.75, 3.05) is 13.1 Å². The molecule has 1 aliphatic heterocycles. The van der Waals surface area contributed by atoms with Crippen molar-refractivity contribution in [1.82, 2.24) is 19.6 Å². The summed E-state index contributed by atoms with van der Waals surface area (Å²) in [6.45, 7) is 7.28. The van der Waals surface area contributed by atoms with E-state index in [9.17, 15) is 9.59 Å². The van der Waals surface area contributed by atoms with Gasteiger partial charge in [0.1, 0.15) is 0 Å². The van der Waals surface area contributed by atoms with E-state index < -0.39 is 0 Å². The zero-order valence-corrected chi connectivity index (χ0v) is 15.2. The molecule has 2 aromatic heterocycles. The van der Waals surface area contributed by atoms with E-state index in [0.717, 1.165) is 38.8 Å². The van der Waals surface area contributed by atoms with Gasteiger partial charge in [0.2, 0.25) is 5.82 Å². The Labute approximate surface area is 148 Å². The molecule has 0 bridgehead atoms. The van der Waals surface area contributed by atoms with Crippen molar-refractivity contribution in [3.63, 3.8) is 0 Å². The number of carbonyl (C=O) groups excluding carboxylic acids is 2. The van der Waals surface area contributed by atoms with Crippen molar-refractivity contribution in [1.29, 1.82) is 0 Å². The van der Waals surface area contributed by atoms with Gasteiger partial charge in [0.25, 0.3) is 11.8 Å². The number of aromatic nitrogens is 2. The molecule has 1 N–H and O–H groups in total. The lowest BCUT2D eigenvalue weighted by atomic mass is 10.1. The van der Waals surface area contributed by atoms with Crippen LogP contribution in [0.2, 0.25) is 0 Å². The lowest BCUT2D eigenvalue weighted by Gasteiger charge is -2.19. The monoisotopic (exact) mass is 342 g/mol. The summed E-state index contributed by atoms with van der Waals surface area (Å²) in [5.74, 6) is -0.0411. The molecular formula is C19H26N4O2. The van der Waals surface area contributed by atoms with Gasteiger partial charge < -0.3 is 10.2 Å². The molecule has 6 heteroatoms. The molecule has 0 aliphatic carbocycles. The number of amides is 2. The molecule has 3 rings (SSSR count). The quantitative estimate of drug-likeness (QED) is 0.912. The normalized spacial score (nSPS) is 15.9. The van der Waals surface area contributed by atoms with E-state index in [2.05, 4.69) is 10.3 Å². The van der Waals surface area contributed by atoms with E-state index in [1.807, 2.05) is 43.9 Å². The SMILES string of the molecule is CC(C)(C)NC(=O)c1nc(C(=O)N2CCCCCC2)n2ccccc12. The molecule has 3 heterocycles. The fourth-order valence-corrected chi connectivity index (χ4v) is 3.17. The van der Waals surface area contributed by atoms with Gasteiger partial charge in [-0.1, -0.05) is 18.9 Å². The van der Waals surface area contributed by atoms with Crippen LogP contribution in [-0.4, -0.2) is 44.7 Å². The summed E-state index contributed by atoms with van der Waals surface area (Å²) < 4.78 is 1.73. The molecule has 0 unspecified atom stereocenters. The lowest BCUT2D eigenvalue weighted by molar-refractivity contribution is 0.0748. The molecule has 134 valence electrons. The summed E-state index contributed by atoms with van der Waals surface area (Å²) >= 11 is 0. The molecule has 2 amide bonds. The van der Waals surface area contributed by atoms with E-state index in [0.29, 0.717) is 17.0 Å². The van der Waals surface area contributed by atoms with Crippen LogP contribution in [0.4, 0.5) is 0 Å². The summed E-state index contributed by atoms with van der Waals surface area (Å²) in [7, 11) is 0. The summed E-state index contributed by atoms with van der Waals surface area (Å²) in [5.41, 5.74) is 0.590. The Bertz CT molecular complexity index is 780. The Kier molecular flexibility index (Phi) is 4.79. The predicted molar refractivity (Wildman–Crippen MR) is 96.8 cm³/mol. The van der Waals surface area contributed by atoms with Gasteiger partial charge in [0.05, 0.1) is 5.52 Å². The maximum Gasteiger partial charge on any atom is 0.290 e. The van der Waals surface area contributed by atoms with Crippen molar-refractivity contribution in [2.45, 2.75) is 52.0 Å². The number of nitrogens with zero attached hydrogens (tertiary/aromatic N) is 3. The van der Waals surface area contributed by atoms with Gasteiger partial charge >= 0.3 is 0 Å². The summed E-state index contributed by atoms with van der Waals surface area (Å²) in [5, 5.41) is 2.93. The smallest absolute Gasteiger partial charge is 0.290 e. The average molecular weight is 342 g/mol. The molecule has 1 aliphatic rings. The Morgan fingerprint density at radius 3 is 2.40 bits per heavy atom. The van der Waals surface area contributed by atoms with Crippen molar-refractivity contribution >= 4 is 17.3 Å². The summed E-state index contributed by atoms with van der Waals surface area (Å²) in [4.78, 5) is 31.9. The average Bonchev–Trinajstić information content (AvgIpc) is 2.73. The van der Waals surface area contributed by atoms with Crippen molar-refractivity contribution in [3.8, 4) is 0 Å². The van der Waals surface area contributed by atoms with E-state index in [4.69, 9.17) is 0 Å². The number of pyridine rings is 1. The van der Waals surface area contributed by atoms with Crippen molar-refractivity contribution in [3.05, 3.63) is 35.9 Å². The van der Waals surface area contributed by atoms with Crippen LogP contribution in [-0.2, 0) is 0 Å². The van der Waals surface area contributed by atoms with Gasteiger partial charge in [0.15, 0.2) is 5.69 Å². The zero-order valence-electron chi connectivity index (χ0n) is 15.2. The number of nitrogens with one attached hydrogen (secondary N) is 1. The number of imidazole rings is 1. The molecule has 25 heavy (non-hydrogen) atoms. The highest BCUT2D eigenvalue weighted by Gasteiger charge is 2.26. The number of hydrogen-bond acceptors (Lipinski definition) is 3. The van der Waals surface area contributed by atoms with Crippen LogP contribution in [0.25, 0.3) is 5.52 Å². The van der Waals surface area contributed by atoms with Crippen LogP contribution in [0.5, 0.6) is 0 Å². The fraction of sp³-hybridized carbons (Fsp3) is 0.526. The van der Waals surface area contributed by atoms with Gasteiger partial charge in [0, 0.05) is 24.8 Å². The zero-order chi connectivity index (χ0) is 18.0. The minimum Gasteiger partial charge on any atom is -0.346 e. The maximum atomic E-state index is 13.0. The van der Waals surface area contributed by atoms with Gasteiger partial charge in [-0.25, -0.2) is 4.98 Å². The third-order valence-electron chi connectivity index (χ3n) is 4.34. The first kappa shape index (κ1) is 17.5. The summed E-state index contributed by atoms with van der Waals surface area (Å²) in [6.07, 6.45) is 6.15. The fourth-order valence-electron chi connectivity index (χ4n) is 3.17. The Morgan fingerprint density at radius 2 is 1.76 bits per heavy atom. The van der Waals surface area contributed by atoms with Crippen molar-refractivity contribution < 1.29 is 9.59 Å². The molecule has 0 atom stereocenters. The molecule has 1 fully saturated rings. The number of hydrogen-bond donors (Lipinski definition) is 1. The molecule has 0 spiro atoms. The first-order valence-electron chi connectivity index (χ1n) is 8.96. The number of fused-ring (bicyclic) bond motifs is 1. The first-order valence-corrected chi connectivity index (χ1v) is 8.96. The highest BCUT2D eigenvalue weighted by atomic mass is 16.2. The van der Waals surface area contributed by atoms with Gasteiger partial charge in [-0.2, -0.15) is 0 Å². The lowest BCUT2D eigenvalue weighted by Crippen LogP contribution is -2.40. The van der Waals surface area contributed by atoms with Crippen LogP contribution >= 0.6 is 0 Å². The Balaban J connectivity index is 1.98. The van der Waals surface area contributed by atoms with Gasteiger partial charge in [-0.05, 0) is 45.7 Å². The van der Waals surface area contributed by atoms with E-state index in [-0.39, 0.29) is 17.4 Å². The van der Waals surface area contributed by atoms with Gasteiger partial charge in [-0.3, -0.25) is 14.0 Å². The second-order valence-electron chi connectivity index (χ2n) is 7.65. The van der Waals surface area contributed by atoms with Crippen LogP contribution in [0.1, 0.15) is 67.6 Å².